The third-order valence-electron chi connectivity index (χ3n) is 4.37. The first kappa shape index (κ1) is 13.0. The number of hydrogen-bond acceptors (Lipinski definition) is 2. The van der Waals surface area contributed by atoms with Crippen LogP contribution >= 0.6 is 0 Å². The van der Waals surface area contributed by atoms with E-state index in [9.17, 15) is 4.79 Å². The van der Waals surface area contributed by atoms with Gasteiger partial charge in [0.25, 0.3) is 0 Å². The van der Waals surface area contributed by atoms with Crippen molar-refractivity contribution in [3.8, 4) is 5.75 Å². The predicted molar refractivity (Wildman–Crippen MR) is 77.4 cm³/mol. The maximum absolute atomic E-state index is 11.1. The van der Waals surface area contributed by atoms with Crippen LogP contribution in [0.4, 0.5) is 0 Å². The number of hydrogen-bond donors (Lipinski definition) is 1. The average molecular weight is 273 g/mol. The standard InChI is InChI=1S/C16H19NO3/c1-17-13-7-6-11(20-2)9-12(13)16-10(8-15(18)19)4-3-5-14(16)17/h6-7,9-10H,3-5,8H2,1-2H3,(H,18,19). The zero-order chi connectivity index (χ0) is 14.3. The molecule has 0 saturated heterocycles. The minimum Gasteiger partial charge on any atom is -0.497 e. The molecular weight excluding hydrogens is 254 g/mol. The van der Waals surface area contributed by atoms with Gasteiger partial charge in [0, 0.05) is 23.6 Å². The minimum absolute atomic E-state index is 0.118. The van der Waals surface area contributed by atoms with Gasteiger partial charge in [0.05, 0.1) is 13.5 Å². The molecule has 0 saturated carbocycles. The summed E-state index contributed by atoms with van der Waals surface area (Å²) in [6.07, 6.45) is 3.25. The van der Waals surface area contributed by atoms with Gasteiger partial charge in [-0.1, -0.05) is 0 Å². The summed E-state index contributed by atoms with van der Waals surface area (Å²) < 4.78 is 7.52. The molecule has 0 radical (unpaired) electrons. The molecule has 1 aliphatic carbocycles. The fraction of sp³-hybridized carbons (Fsp3) is 0.438. The highest BCUT2D eigenvalue weighted by Crippen LogP contribution is 2.41. The molecule has 1 aromatic heterocycles. The Balaban J connectivity index is 2.21. The van der Waals surface area contributed by atoms with Gasteiger partial charge in [-0.3, -0.25) is 4.79 Å². The Morgan fingerprint density at radius 3 is 3.00 bits per heavy atom. The van der Waals surface area contributed by atoms with Gasteiger partial charge < -0.3 is 14.4 Å². The lowest BCUT2D eigenvalue weighted by atomic mass is 9.83. The first-order chi connectivity index (χ1) is 9.61. The molecule has 2 aromatic rings. The zero-order valence-electron chi connectivity index (χ0n) is 11.8. The number of ether oxygens (including phenoxy) is 1. The van der Waals surface area contributed by atoms with Gasteiger partial charge in [-0.2, -0.15) is 0 Å². The number of aliphatic carboxylic acids is 1. The monoisotopic (exact) mass is 273 g/mol. The first-order valence-corrected chi connectivity index (χ1v) is 6.98. The molecule has 0 bridgehead atoms. The number of aryl methyl sites for hydroxylation is 1. The van der Waals surface area contributed by atoms with E-state index in [-0.39, 0.29) is 12.3 Å². The lowest BCUT2D eigenvalue weighted by molar-refractivity contribution is -0.137. The van der Waals surface area contributed by atoms with Crippen LogP contribution < -0.4 is 4.74 Å². The van der Waals surface area contributed by atoms with E-state index in [0.717, 1.165) is 35.9 Å². The predicted octanol–water partition coefficient (Wildman–Crippen LogP) is 3.08. The molecule has 1 atom stereocenters. The summed E-state index contributed by atoms with van der Waals surface area (Å²) >= 11 is 0. The smallest absolute Gasteiger partial charge is 0.303 e. The molecule has 1 aromatic carbocycles. The van der Waals surface area contributed by atoms with Gasteiger partial charge in [-0.05, 0) is 48.9 Å². The number of carboxylic acid groups (broad SMARTS) is 1. The summed E-state index contributed by atoms with van der Waals surface area (Å²) in [5.74, 6) is 0.223. The lowest BCUT2D eigenvalue weighted by Crippen LogP contribution is -2.14. The molecular formula is C16H19NO3. The lowest BCUT2D eigenvalue weighted by Gasteiger charge is -2.22. The highest BCUT2D eigenvalue weighted by atomic mass is 16.5. The highest BCUT2D eigenvalue weighted by Gasteiger charge is 2.28. The Bertz CT molecular complexity index is 672. The quantitative estimate of drug-likeness (QED) is 0.935. The Morgan fingerprint density at radius 1 is 1.50 bits per heavy atom. The number of methoxy groups -OCH3 is 1. The fourth-order valence-corrected chi connectivity index (χ4v) is 3.46. The van der Waals surface area contributed by atoms with Gasteiger partial charge in [0.2, 0.25) is 0 Å². The SMILES string of the molecule is COc1ccc2c(c1)c1c(n2C)CCCC1CC(=O)O. The zero-order valence-corrected chi connectivity index (χ0v) is 11.8. The van der Waals surface area contributed by atoms with E-state index in [1.54, 1.807) is 7.11 Å². The van der Waals surface area contributed by atoms with Crippen LogP contribution in [-0.4, -0.2) is 22.8 Å². The summed E-state index contributed by atoms with van der Waals surface area (Å²) in [6.45, 7) is 0. The third kappa shape index (κ3) is 1.96. The molecule has 4 heteroatoms. The molecule has 0 spiro atoms. The molecule has 1 aliphatic rings. The number of nitrogens with zero attached hydrogens (tertiary/aromatic N) is 1. The van der Waals surface area contributed by atoms with Crippen molar-refractivity contribution in [3.05, 3.63) is 29.5 Å². The number of benzene rings is 1. The van der Waals surface area contributed by atoms with Crippen LogP contribution in [0.3, 0.4) is 0 Å². The van der Waals surface area contributed by atoms with E-state index in [0.29, 0.717) is 0 Å². The molecule has 1 N–H and O–H groups in total. The van der Waals surface area contributed by atoms with Crippen LogP contribution in [0, 0.1) is 0 Å². The molecule has 4 nitrogen and oxygen atoms in total. The van der Waals surface area contributed by atoms with Gasteiger partial charge in [0.1, 0.15) is 5.75 Å². The highest BCUT2D eigenvalue weighted by molar-refractivity contribution is 5.88. The Hall–Kier alpha value is -1.97. The Labute approximate surface area is 118 Å². The van der Waals surface area contributed by atoms with Gasteiger partial charge in [-0.15, -0.1) is 0 Å². The second-order valence-electron chi connectivity index (χ2n) is 5.49. The van der Waals surface area contributed by atoms with Crippen molar-refractivity contribution in [2.75, 3.05) is 7.11 Å². The van der Waals surface area contributed by atoms with Gasteiger partial charge in [-0.25, -0.2) is 0 Å². The van der Waals surface area contributed by atoms with E-state index in [2.05, 4.69) is 17.7 Å². The van der Waals surface area contributed by atoms with Crippen molar-refractivity contribution in [2.24, 2.45) is 7.05 Å². The first-order valence-electron chi connectivity index (χ1n) is 6.98. The Kier molecular flexibility index (Phi) is 3.16. The summed E-state index contributed by atoms with van der Waals surface area (Å²) in [5.41, 5.74) is 3.66. The topological polar surface area (TPSA) is 51.5 Å². The van der Waals surface area contributed by atoms with E-state index < -0.39 is 5.97 Å². The van der Waals surface area contributed by atoms with E-state index in [4.69, 9.17) is 9.84 Å². The molecule has 1 unspecified atom stereocenters. The summed E-state index contributed by atoms with van der Waals surface area (Å²) in [7, 11) is 3.72. The van der Waals surface area contributed by atoms with E-state index in [1.165, 1.54) is 11.3 Å². The number of aromatic nitrogens is 1. The Morgan fingerprint density at radius 2 is 2.30 bits per heavy atom. The largest absolute Gasteiger partial charge is 0.497 e. The van der Waals surface area contributed by atoms with Crippen molar-refractivity contribution in [1.82, 2.24) is 4.57 Å². The molecule has 20 heavy (non-hydrogen) atoms. The maximum Gasteiger partial charge on any atom is 0.303 e. The van der Waals surface area contributed by atoms with Crippen LogP contribution in [0.25, 0.3) is 10.9 Å². The maximum atomic E-state index is 11.1. The van der Waals surface area contributed by atoms with E-state index >= 15 is 0 Å². The second-order valence-corrected chi connectivity index (χ2v) is 5.49. The summed E-state index contributed by atoms with van der Waals surface area (Å²) in [4.78, 5) is 11.1. The fourth-order valence-electron chi connectivity index (χ4n) is 3.46. The van der Waals surface area contributed by atoms with Crippen LogP contribution in [0.5, 0.6) is 5.75 Å². The molecule has 106 valence electrons. The summed E-state index contributed by atoms with van der Waals surface area (Å²) in [5, 5.41) is 10.3. The van der Waals surface area contributed by atoms with Crippen molar-refractivity contribution in [1.29, 1.82) is 0 Å². The second kappa shape index (κ2) is 4.85. The number of carbonyl (C=O) groups is 1. The van der Waals surface area contributed by atoms with Crippen LogP contribution in [0.15, 0.2) is 18.2 Å². The van der Waals surface area contributed by atoms with Crippen LogP contribution in [0.1, 0.15) is 36.4 Å². The van der Waals surface area contributed by atoms with E-state index in [1.807, 2.05) is 12.1 Å². The van der Waals surface area contributed by atoms with Crippen molar-refractivity contribution in [2.45, 2.75) is 31.6 Å². The van der Waals surface area contributed by atoms with Crippen LogP contribution in [0.2, 0.25) is 0 Å². The van der Waals surface area contributed by atoms with Crippen molar-refractivity contribution >= 4 is 16.9 Å². The van der Waals surface area contributed by atoms with Crippen LogP contribution in [-0.2, 0) is 18.3 Å². The molecule has 0 aliphatic heterocycles. The molecule has 0 fully saturated rings. The molecule has 3 rings (SSSR count). The third-order valence-corrected chi connectivity index (χ3v) is 4.37. The number of rotatable bonds is 3. The van der Waals surface area contributed by atoms with Crippen molar-refractivity contribution in [3.63, 3.8) is 0 Å². The number of fused-ring (bicyclic) bond motifs is 3. The molecule has 0 amide bonds. The van der Waals surface area contributed by atoms with Gasteiger partial charge >= 0.3 is 5.97 Å². The minimum atomic E-state index is -0.720. The summed E-state index contributed by atoms with van der Waals surface area (Å²) in [6, 6.07) is 6.05. The molecule has 1 heterocycles. The normalized spacial score (nSPS) is 18.0. The van der Waals surface area contributed by atoms with Gasteiger partial charge in [0.15, 0.2) is 0 Å². The average Bonchev–Trinajstić information content (AvgIpc) is 2.72. The van der Waals surface area contributed by atoms with Crippen molar-refractivity contribution < 1.29 is 14.6 Å². The number of carboxylic acids is 1.